The van der Waals surface area contributed by atoms with Gasteiger partial charge in [0, 0.05) is 21.9 Å². The highest BCUT2D eigenvalue weighted by Crippen LogP contribution is 2.39. The molecule has 2 aliphatic rings. The molecule has 6 nitrogen and oxygen atoms in total. The Kier molecular flexibility index (Phi) is 1.68. The van der Waals surface area contributed by atoms with Gasteiger partial charge in [-0.25, -0.2) is 0 Å². The second-order valence-corrected chi connectivity index (χ2v) is 5.26. The van der Waals surface area contributed by atoms with E-state index in [0.29, 0.717) is 31.7 Å². The van der Waals surface area contributed by atoms with E-state index < -0.39 is 23.6 Å². The van der Waals surface area contributed by atoms with Crippen LogP contribution < -0.4 is 10.6 Å². The average Bonchev–Trinajstić information content (AvgIpc) is 2.76. The van der Waals surface area contributed by atoms with Crippen LogP contribution in [0.25, 0.3) is 10.8 Å². The largest absolute Gasteiger partial charge is 0.287 e. The average molecular weight is 272 g/mol. The van der Waals surface area contributed by atoms with Gasteiger partial charge in [0.2, 0.25) is 0 Å². The van der Waals surface area contributed by atoms with Crippen LogP contribution in [0.1, 0.15) is 40.1 Å². The number of hydrogen-bond donors (Lipinski definition) is 2. The molecular weight excluding hydrogens is 268 g/mol. The molecule has 7 heteroatoms. The van der Waals surface area contributed by atoms with Gasteiger partial charge in [0.15, 0.2) is 0 Å². The fraction of sp³-hybridized carbons (Fsp3) is 0. The van der Waals surface area contributed by atoms with E-state index in [4.69, 9.17) is 0 Å². The molecule has 1 aromatic heterocycles. The first-order valence-electron chi connectivity index (χ1n) is 5.39. The van der Waals surface area contributed by atoms with Crippen LogP contribution in [-0.4, -0.2) is 23.6 Å². The van der Waals surface area contributed by atoms with Gasteiger partial charge < -0.3 is 0 Å². The van der Waals surface area contributed by atoms with Crippen molar-refractivity contribution in [2.24, 2.45) is 0 Å². The minimum absolute atomic E-state index is 0.297. The zero-order valence-electron chi connectivity index (χ0n) is 9.20. The molecule has 0 unspecified atom stereocenters. The summed E-state index contributed by atoms with van der Waals surface area (Å²) in [4.78, 5) is 47.7. The number of carbonyl (C=O) groups is 4. The molecule has 1 aromatic carbocycles. The maximum Gasteiger partial charge on any atom is 0.268 e. The van der Waals surface area contributed by atoms with E-state index in [1.165, 1.54) is 12.1 Å². The molecular formula is C12H4N2O4S. The smallest absolute Gasteiger partial charge is 0.268 e. The number of carbonyl (C=O) groups excluding carboxylic acids is 4. The Morgan fingerprint density at radius 3 is 1.53 bits per heavy atom. The molecule has 0 bridgehead atoms. The topological polar surface area (TPSA) is 92.3 Å². The fourth-order valence-electron chi connectivity index (χ4n) is 2.43. The fourth-order valence-corrected chi connectivity index (χ4v) is 3.55. The Labute approximate surface area is 109 Å². The molecule has 2 aliphatic heterocycles. The van der Waals surface area contributed by atoms with Gasteiger partial charge >= 0.3 is 0 Å². The molecule has 0 aliphatic carbocycles. The molecule has 2 aromatic rings. The molecule has 0 spiro atoms. The summed E-state index contributed by atoms with van der Waals surface area (Å²) in [6.45, 7) is 0. The summed E-state index contributed by atoms with van der Waals surface area (Å²) >= 11 is 0.995. The Morgan fingerprint density at radius 1 is 0.684 bits per heavy atom. The second-order valence-electron chi connectivity index (χ2n) is 4.24. The van der Waals surface area contributed by atoms with Gasteiger partial charge in [-0.2, -0.15) is 0 Å². The molecule has 0 radical (unpaired) electrons. The summed E-state index contributed by atoms with van der Waals surface area (Å²) in [5.74, 6) is -2.07. The Morgan fingerprint density at radius 2 is 1.11 bits per heavy atom. The second kappa shape index (κ2) is 3.07. The molecule has 4 rings (SSSR count). The Bertz CT molecular complexity index is 781. The van der Waals surface area contributed by atoms with E-state index in [-0.39, 0.29) is 0 Å². The predicted molar refractivity (Wildman–Crippen MR) is 65.4 cm³/mol. The van der Waals surface area contributed by atoms with Crippen LogP contribution in [0.5, 0.6) is 0 Å². The quantitative estimate of drug-likeness (QED) is 0.689. The number of imide groups is 2. The maximum atomic E-state index is 11.8. The molecule has 0 atom stereocenters. The standard InChI is InChI=1S/C12H4N2O4S/c15-9-3-1-2-4-6-5(3)7(11(17)13-9)19-8(6)12(18)14-10(4)16/h1-2H,(H,13,15,17)(H,14,16,18). The maximum absolute atomic E-state index is 11.8. The van der Waals surface area contributed by atoms with Gasteiger partial charge in [-0.15, -0.1) is 11.3 Å². The first-order chi connectivity index (χ1) is 9.08. The van der Waals surface area contributed by atoms with Crippen molar-refractivity contribution in [2.75, 3.05) is 0 Å². The first-order valence-corrected chi connectivity index (χ1v) is 6.20. The van der Waals surface area contributed by atoms with Crippen molar-refractivity contribution in [2.45, 2.75) is 0 Å². The molecule has 4 amide bonds. The number of rotatable bonds is 0. The number of thiophene rings is 1. The summed E-state index contributed by atoms with van der Waals surface area (Å²) in [5, 5.41) is 5.25. The molecule has 3 heterocycles. The van der Waals surface area contributed by atoms with Crippen molar-refractivity contribution in [1.29, 1.82) is 0 Å². The molecule has 2 N–H and O–H groups in total. The normalized spacial score (nSPS) is 16.6. The van der Waals surface area contributed by atoms with E-state index in [1.807, 2.05) is 0 Å². The Hall–Kier alpha value is -2.54. The van der Waals surface area contributed by atoms with Crippen molar-refractivity contribution in [1.82, 2.24) is 10.6 Å². The van der Waals surface area contributed by atoms with Crippen molar-refractivity contribution in [3.05, 3.63) is 33.0 Å². The third-order valence-corrected chi connectivity index (χ3v) is 4.41. The lowest BCUT2D eigenvalue weighted by atomic mass is 9.95. The van der Waals surface area contributed by atoms with Gasteiger partial charge in [0.25, 0.3) is 23.6 Å². The summed E-state index contributed by atoms with van der Waals surface area (Å²) in [7, 11) is 0. The lowest BCUT2D eigenvalue weighted by Crippen LogP contribution is -2.35. The first kappa shape index (κ1) is 10.4. The molecule has 0 saturated carbocycles. The molecule has 19 heavy (non-hydrogen) atoms. The summed E-state index contributed by atoms with van der Waals surface area (Å²) in [6.07, 6.45) is 0. The van der Waals surface area contributed by atoms with E-state index >= 15 is 0 Å². The Balaban J connectivity index is 2.28. The minimum Gasteiger partial charge on any atom is -0.287 e. The van der Waals surface area contributed by atoms with Crippen LogP contribution in [0.2, 0.25) is 0 Å². The number of benzene rings is 1. The van der Waals surface area contributed by atoms with Gasteiger partial charge in [-0.3, -0.25) is 29.8 Å². The van der Waals surface area contributed by atoms with Crippen LogP contribution in [0.3, 0.4) is 0 Å². The van der Waals surface area contributed by atoms with E-state index in [2.05, 4.69) is 10.6 Å². The highest BCUT2D eigenvalue weighted by atomic mass is 32.1. The molecule has 0 fully saturated rings. The summed E-state index contributed by atoms with van der Waals surface area (Å²) in [5.41, 5.74) is 0.636. The summed E-state index contributed by atoms with van der Waals surface area (Å²) < 4.78 is 0. The SMILES string of the molecule is O=C1NC(=O)c2sc3c4c(ccc1c24)C(=O)NC3=O. The van der Waals surface area contributed by atoms with Gasteiger partial charge in [-0.1, -0.05) is 0 Å². The number of nitrogens with one attached hydrogen (secondary N) is 2. The van der Waals surface area contributed by atoms with Crippen molar-refractivity contribution < 1.29 is 19.2 Å². The third kappa shape index (κ3) is 1.10. The van der Waals surface area contributed by atoms with E-state index in [1.54, 1.807) is 0 Å². The zero-order chi connectivity index (χ0) is 13.3. The van der Waals surface area contributed by atoms with Gasteiger partial charge in [0.05, 0.1) is 0 Å². The number of hydrogen-bond acceptors (Lipinski definition) is 5. The van der Waals surface area contributed by atoms with Crippen LogP contribution in [0.15, 0.2) is 12.1 Å². The lowest BCUT2D eigenvalue weighted by molar-refractivity contribution is 0.0829. The van der Waals surface area contributed by atoms with Gasteiger partial charge in [0.1, 0.15) is 9.75 Å². The van der Waals surface area contributed by atoms with E-state index in [9.17, 15) is 19.2 Å². The van der Waals surface area contributed by atoms with Crippen LogP contribution >= 0.6 is 11.3 Å². The zero-order valence-corrected chi connectivity index (χ0v) is 10.0. The number of amides is 4. The van der Waals surface area contributed by atoms with Crippen molar-refractivity contribution >= 4 is 45.7 Å². The van der Waals surface area contributed by atoms with Crippen molar-refractivity contribution in [3.8, 4) is 0 Å². The predicted octanol–water partition coefficient (Wildman–Crippen LogP) is 0.668. The summed E-state index contributed by atoms with van der Waals surface area (Å²) in [6, 6.07) is 2.99. The van der Waals surface area contributed by atoms with Gasteiger partial charge in [-0.05, 0) is 12.1 Å². The van der Waals surface area contributed by atoms with E-state index in [0.717, 1.165) is 11.3 Å². The lowest BCUT2D eigenvalue weighted by Gasteiger charge is -2.15. The highest BCUT2D eigenvalue weighted by Gasteiger charge is 2.35. The van der Waals surface area contributed by atoms with Crippen LogP contribution in [0, 0.1) is 0 Å². The minimum atomic E-state index is -0.530. The van der Waals surface area contributed by atoms with Crippen molar-refractivity contribution in [3.63, 3.8) is 0 Å². The molecule has 92 valence electrons. The van der Waals surface area contributed by atoms with Crippen LogP contribution in [-0.2, 0) is 0 Å². The third-order valence-electron chi connectivity index (χ3n) is 3.22. The van der Waals surface area contributed by atoms with Crippen LogP contribution in [0.4, 0.5) is 0 Å². The monoisotopic (exact) mass is 272 g/mol. The molecule has 0 saturated heterocycles. The highest BCUT2D eigenvalue weighted by molar-refractivity contribution is 7.18.